The molecule has 5 nitrogen and oxygen atoms in total. The third-order valence-electron chi connectivity index (χ3n) is 4.12. The quantitative estimate of drug-likeness (QED) is 0.825. The van der Waals surface area contributed by atoms with Crippen molar-refractivity contribution in [1.29, 1.82) is 0 Å². The summed E-state index contributed by atoms with van der Waals surface area (Å²) in [7, 11) is 0. The maximum absolute atomic E-state index is 12.4. The Bertz CT molecular complexity index is 346. The number of nitrogens with zero attached hydrogens (tertiary/aromatic N) is 1. The minimum Gasteiger partial charge on any atom is -0.378 e. The topological polar surface area (TPSA) is 58.6 Å². The molecule has 0 aromatic rings. The minimum atomic E-state index is -0.336. The zero-order chi connectivity index (χ0) is 13.8. The number of amides is 2. The Morgan fingerprint density at radius 3 is 2.84 bits per heavy atom. The average molecular weight is 268 g/mol. The fraction of sp³-hybridized carbons (Fsp3) is 0.857. The van der Waals surface area contributed by atoms with Crippen LogP contribution < -0.4 is 5.32 Å². The molecule has 0 aromatic carbocycles. The van der Waals surface area contributed by atoms with Crippen LogP contribution in [0, 0.1) is 5.92 Å². The van der Waals surface area contributed by atoms with Crippen molar-refractivity contribution in [2.75, 3.05) is 19.7 Å². The van der Waals surface area contributed by atoms with Gasteiger partial charge in [-0.25, -0.2) is 0 Å². The maximum atomic E-state index is 12.4. The van der Waals surface area contributed by atoms with Gasteiger partial charge in [-0.2, -0.15) is 0 Å². The van der Waals surface area contributed by atoms with Gasteiger partial charge in [0.05, 0.1) is 6.10 Å². The predicted octanol–water partition coefficient (Wildman–Crippen LogP) is 0.929. The van der Waals surface area contributed by atoms with Gasteiger partial charge in [0.2, 0.25) is 11.8 Å². The summed E-state index contributed by atoms with van der Waals surface area (Å²) in [5.74, 6) is 0.469. The molecule has 3 unspecified atom stereocenters. The highest BCUT2D eigenvalue weighted by atomic mass is 16.5. The Morgan fingerprint density at radius 2 is 2.21 bits per heavy atom. The van der Waals surface area contributed by atoms with Gasteiger partial charge in [-0.05, 0) is 19.8 Å². The van der Waals surface area contributed by atoms with Gasteiger partial charge in [-0.15, -0.1) is 0 Å². The van der Waals surface area contributed by atoms with E-state index in [4.69, 9.17) is 4.74 Å². The van der Waals surface area contributed by atoms with E-state index in [1.165, 1.54) is 0 Å². The van der Waals surface area contributed by atoms with Gasteiger partial charge < -0.3 is 15.0 Å². The number of carbonyl (C=O) groups excluding carboxylic acids is 2. The SMILES string of the molecule is CCCC1NC(=O)CCN(CC2CCOC2C)C1=O. The van der Waals surface area contributed by atoms with E-state index in [1.54, 1.807) is 0 Å². The lowest BCUT2D eigenvalue weighted by molar-refractivity contribution is -0.134. The first kappa shape index (κ1) is 14.3. The fourth-order valence-electron chi connectivity index (χ4n) is 2.86. The molecule has 0 aromatic heterocycles. The standard InChI is InChI=1S/C14H24N2O3/c1-3-4-12-14(18)16(7-5-13(17)15-12)9-11-6-8-19-10(11)2/h10-12H,3-9H2,1-2H3,(H,15,17). The molecule has 19 heavy (non-hydrogen) atoms. The molecule has 108 valence electrons. The Kier molecular flexibility index (Phi) is 4.80. The number of carbonyl (C=O) groups is 2. The number of hydrogen-bond donors (Lipinski definition) is 1. The second-order valence-corrected chi connectivity index (χ2v) is 5.57. The molecule has 2 aliphatic rings. The van der Waals surface area contributed by atoms with Crippen molar-refractivity contribution in [1.82, 2.24) is 10.2 Å². The largest absolute Gasteiger partial charge is 0.378 e. The molecule has 2 aliphatic heterocycles. The lowest BCUT2D eigenvalue weighted by atomic mass is 10.0. The second kappa shape index (κ2) is 6.37. The number of hydrogen-bond acceptors (Lipinski definition) is 3. The van der Waals surface area contributed by atoms with Crippen molar-refractivity contribution in [2.24, 2.45) is 5.92 Å². The van der Waals surface area contributed by atoms with Gasteiger partial charge in [0.1, 0.15) is 6.04 Å². The smallest absolute Gasteiger partial charge is 0.245 e. The normalized spacial score (nSPS) is 32.3. The van der Waals surface area contributed by atoms with Crippen LogP contribution in [0.3, 0.4) is 0 Å². The van der Waals surface area contributed by atoms with Crippen LogP contribution in [0.25, 0.3) is 0 Å². The summed E-state index contributed by atoms with van der Waals surface area (Å²) in [6.07, 6.45) is 3.24. The van der Waals surface area contributed by atoms with E-state index in [2.05, 4.69) is 12.2 Å². The molecule has 2 rings (SSSR count). The van der Waals surface area contributed by atoms with Crippen LogP contribution in [0.5, 0.6) is 0 Å². The van der Waals surface area contributed by atoms with Crippen molar-refractivity contribution in [3.05, 3.63) is 0 Å². The van der Waals surface area contributed by atoms with Gasteiger partial charge in [-0.3, -0.25) is 9.59 Å². The molecule has 0 radical (unpaired) electrons. The Labute approximate surface area is 114 Å². The van der Waals surface area contributed by atoms with Crippen molar-refractivity contribution in [3.8, 4) is 0 Å². The third kappa shape index (κ3) is 3.47. The first-order chi connectivity index (χ1) is 9.11. The molecule has 5 heteroatoms. The summed E-state index contributed by atoms with van der Waals surface area (Å²) in [6, 6.07) is -0.336. The van der Waals surface area contributed by atoms with Gasteiger partial charge in [0.15, 0.2) is 0 Å². The molecule has 2 heterocycles. The molecule has 1 N–H and O–H groups in total. The van der Waals surface area contributed by atoms with Gasteiger partial charge in [0, 0.05) is 32.0 Å². The van der Waals surface area contributed by atoms with E-state index in [-0.39, 0.29) is 24.0 Å². The first-order valence-corrected chi connectivity index (χ1v) is 7.31. The van der Waals surface area contributed by atoms with Crippen molar-refractivity contribution in [3.63, 3.8) is 0 Å². The maximum Gasteiger partial charge on any atom is 0.245 e. The van der Waals surface area contributed by atoms with E-state index >= 15 is 0 Å². The van der Waals surface area contributed by atoms with E-state index in [9.17, 15) is 9.59 Å². The van der Waals surface area contributed by atoms with Crippen LogP contribution in [-0.4, -0.2) is 48.6 Å². The number of nitrogens with one attached hydrogen (secondary N) is 1. The highest BCUT2D eigenvalue weighted by Crippen LogP contribution is 2.22. The highest BCUT2D eigenvalue weighted by Gasteiger charge is 2.33. The molecule has 0 saturated carbocycles. The van der Waals surface area contributed by atoms with Gasteiger partial charge in [0.25, 0.3) is 0 Å². The van der Waals surface area contributed by atoms with Crippen LogP contribution in [0.1, 0.15) is 39.5 Å². The molecule has 2 amide bonds. The molecule has 0 aliphatic carbocycles. The zero-order valence-electron chi connectivity index (χ0n) is 11.9. The van der Waals surface area contributed by atoms with Crippen LogP contribution in [0.15, 0.2) is 0 Å². The Hall–Kier alpha value is -1.10. The fourth-order valence-corrected chi connectivity index (χ4v) is 2.86. The van der Waals surface area contributed by atoms with Crippen LogP contribution in [-0.2, 0) is 14.3 Å². The summed E-state index contributed by atoms with van der Waals surface area (Å²) in [6.45, 7) is 6.13. The summed E-state index contributed by atoms with van der Waals surface area (Å²) in [4.78, 5) is 25.9. The Balaban J connectivity index is 2.01. The third-order valence-corrected chi connectivity index (χ3v) is 4.12. The van der Waals surface area contributed by atoms with Crippen molar-refractivity contribution >= 4 is 11.8 Å². The lowest BCUT2D eigenvalue weighted by Gasteiger charge is -2.27. The first-order valence-electron chi connectivity index (χ1n) is 7.31. The van der Waals surface area contributed by atoms with E-state index in [1.807, 2.05) is 11.8 Å². The number of ether oxygens (including phenoxy) is 1. The molecule has 2 saturated heterocycles. The lowest BCUT2D eigenvalue weighted by Crippen LogP contribution is -2.46. The molecular weight excluding hydrogens is 244 g/mol. The van der Waals surface area contributed by atoms with Crippen LogP contribution in [0.4, 0.5) is 0 Å². The van der Waals surface area contributed by atoms with Crippen molar-refractivity contribution < 1.29 is 14.3 Å². The summed E-state index contributed by atoms with van der Waals surface area (Å²) in [5.41, 5.74) is 0. The monoisotopic (exact) mass is 268 g/mol. The Morgan fingerprint density at radius 1 is 1.42 bits per heavy atom. The summed E-state index contributed by atoms with van der Waals surface area (Å²) < 4.78 is 5.55. The van der Waals surface area contributed by atoms with E-state index in [0.29, 0.717) is 18.9 Å². The minimum absolute atomic E-state index is 0.00924. The predicted molar refractivity (Wildman–Crippen MR) is 71.6 cm³/mol. The molecule has 2 fully saturated rings. The van der Waals surface area contributed by atoms with Crippen molar-refractivity contribution in [2.45, 2.75) is 51.7 Å². The van der Waals surface area contributed by atoms with E-state index in [0.717, 1.165) is 32.4 Å². The van der Waals surface area contributed by atoms with Crippen LogP contribution >= 0.6 is 0 Å². The van der Waals surface area contributed by atoms with E-state index < -0.39 is 0 Å². The van der Waals surface area contributed by atoms with Crippen LogP contribution in [0.2, 0.25) is 0 Å². The summed E-state index contributed by atoms with van der Waals surface area (Å²) in [5, 5.41) is 2.83. The summed E-state index contributed by atoms with van der Waals surface area (Å²) >= 11 is 0. The molecule has 0 bridgehead atoms. The second-order valence-electron chi connectivity index (χ2n) is 5.57. The average Bonchev–Trinajstić information content (AvgIpc) is 2.73. The molecule has 3 atom stereocenters. The van der Waals surface area contributed by atoms with Gasteiger partial charge >= 0.3 is 0 Å². The number of rotatable bonds is 4. The molecular formula is C14H24N2O3. The van der Waals surface area contributed by atoms with Gasteiger partial charge in [-0.1, -0.05) is 13.3 Å². The zero-order valence-corrected chi connectivity index (χ0v) is 11.9. The highest BCUT2D eigenvalue weighted by molar-refractivity contribution is 5.89. The molecule has 0 spiro atoms.